The zero-order valence-corrected chi connectivity index (χ0v) is 19.0. The van der Waals surface area contributed by atoms with Crippen molar-refractivity contribution in [1.82, 2.24) is 0 Å². The molecule has 0 amide bonds. The highest BCUT2D eigenvalue weighted by atomic mass is 31.2. The Balaban J connectivity index is 2.34. The van der Waals surface area contributed by atoms with Crippen molar-refractivity contribution < 1.29 is 0 Å². The summed E-state index contributed by atoms with van der Waals surface area (Å²) >= 11 is 0. The Morgan fingerprint density at radius 1 is 0.577 bits per heavy atom. The van der Waals surface area contributed by atoms with Gasteiger partial charge in [-0.2, -0.15) is 0 Å². The molecule has 0 aliphatic heterocycles. The molecule has 0 nitrogen and oxygen atoms in total. The maximum atomic E-state index is 2.67. The molecule has 1 rings (SSSR count). The van der Waals surface area contributed by atoms with Gasteiger partial charge in [0.1, 0.15) is 0 Å². The molecule has 150 valence electrons. The Hall–Kier alpha value is -0.350. The molecule has 1 aromatic carbocycles. The third-order valence-corrected chi connectivity index (χ3v) is 9.68. The van der Waals surface area contributed by atoms with Crippen LogP contribution in [0.4, 0.5) is 0 Å². The number of unbranched alkanes of at least 4 members (excludes halogenated alkanes) is 11. The highest BCUT2D eigenvalue weighted by Crippen LogP contribution is 2.59. The van der Waals surface area contributed by atoms with Gasteiger partial charge >= 0.3 is 0 Å². The van der Waals surface area contributed by atoms with Crippen LogP contribution in [0.3, 0.4) is 0 Å². The molecule has 0 aliphatic carbocycles. The normalized spacial score (nSPS) is 13.7. The predicted molar refractivity (Wildman–Crippen MR) is 124 cm³/mol. The van der Waals surface area contributed by atoms with Crippen LogP contribution in [0.5, 0.6) is 0 Å². The van der Waals surface area contributed by atoms with E-state index in [1.807, 2.05) is 0 Å². The SMILES string of the molecule is CCCCCCCCCC[P+](C)(CCCCCCC)Cc1ccccc1. The van der Waals surface area contributed by atoms with Gasteiger partial charge in [0.25, 0.3) is 0 Å². The molecule has 26 heavy (non-hydrogen) atoms. The maximum Gasteiger partial charge on any atom is 0.0840 e. The lowest BCUT2D eigenvalue weighted by molar-refractivity contribution is 0.585. The fourth-order valence-corrected chi connectivity index (χ4v) is 7.62. The van der Waals surface area contributed by atoms with Gasteiger partial charge in [0, 0.05) is 13.9 Å². The molecule has 0 aliphatic rings. The van der Waals surface area contributed by atoms with Crippen LogP contribution in [0.2, 0.25) is 0 Å². The van der Waals surface area contributed by atoms with E-state index in [9.17, 15) is 0 Å². The zero-order valence-electron chi connectivity index (χ0n) is 18.1. The molecular formula is C25H46P+. The van der Waals surface area contributed by atoms with Crippen molar-refractivity contribution in [2.75, 3.05) is 19.0 Å². The molecule has 0 saturated heterocycles. The van der Waals surface area contributed by atoms with Gasteiger partial charge in [-0.1, -0.05) is 102 Å². The first-order chi connectivity index (χ1) is 12.7. The summed E-state index contributed by atoms with van der Waals surface area (Å²) in [5.74, 6) is 0. The second kappa shape index (κ2) is 15.7. The van der Waals surface area contributed by atoms with Crippen molar-refractivity contribution in [3.63, 3.8) is 0 Å². The summed E-state index contributed by atoms with van der Waals surface area (Å²) in [6.45, 7) is 7.29. The summed E-state index contributed by atoms with van der Waals surface area (Å²) in [4.78, 5) is 0. The van der Waals surface area contributed by atoms with Crippen LogP contribution < -0.4 is 0 Å². The maximum absolute atomic E-state index is 2.67. The van der Waals surface area contributed by atoms with Crippen LogP contribution in [0.1, 0.15) is 103 Å². The molecule has 0 spiro atoms. The second-order valence-corrected chi connectivity index (χ2v) is 13.0. The van der Waals surface area contributed by atoms with Gasteiger partial charge in [-0.15, -0.1) is 0 Å². The molecule has 1 unspecified atom stereocenters. The molecule has 1 atom stereocenters. The lowest BCUT2D eigenvalue weighted by atomic mass is 10.1. The van der Waals surface area contributed by atoms with Gasteiger partial charge in [0.15, 0.2) is 0 Å². The van der Waals surface area contributed by atoms with Crippen molar-refractivity contribution in [3.8, 4) is 0 Å². The highest BCUT2D eigenvalue weighted by molar-refractivity contribution is 7.74. The van der Waals surface area contributed by atoms with Gasteiger partial charge in [-0.3, -0.25) is 0 Å². The van der Waals surface area contributed by atoms with E-state index in [4.69, 9.17) is 0 Å². The van der Waals surface area contributed by atoms with E-state index >= 15 is 0 Å². The minimum atomic E-state index is -0.806. The Morgan fingerprint density at radius 2 is 1.00 bits per heavy atom. The lowest BCUT2D eigenvalue weighted by Gasteiger charge is -2.24. The van der Waals surface area contributed by atoms with Crippen LogP contribution in [0.15, 0.2) is 30.3 Å². The van der Waals surface area contributed by atoms with E-state index in [-0.39, 0.29) is 0 Å². The van der Waals surface area contributed by atoms with Crippen molar-refractivity contribution in [3.05, 3.63) is 35.9 Å². The Morgan fingerprint density at radius 3 is 1.46 bits per heavy atom. The van der Waals surface area contributed by atoms with Crippen LogP contribution in [0, 0.1) is 0 Å². The topological polar surface area (TPSA) is 0 Å². The fourth-order valence-electron chi connectivity index (χ4n) is 4.02. The van der Waals surface area contributed by atoms with Crippen LogP contribution in [-0.2, 0) is 6.16 Å². The molecule has 0 heterocycles. The molecule has 1 aromatic rings. The van der Waals surface area contributed by atoms with Crippen molar-refractivity contribution in [1.29, 1.82) is 0 Å². The number of hydrogen-bond acceptors (Lipinski definition) is 0. The van der Waals surface area contributed by atoms with Gasteiger partial charge in [-0.25, -0.2) is 0 Å². The monoisotopic (exact) mass is 377 g/mol. The van der Waals surface area contributed by atoms with E-state index in [1.54, 1.807) is 5.56 Å². The van der Waals surface area contributed by atoms with Crippen molar-refractivity contribution >= 4 is 7.26 Å². The second-order valence-electron chi connectivity index (χ2n) is 8.60. The summed E-state index contributed by atoms with van der Waals surface area (Å²) in [6.07, 6.45) is 23.1. The van der Waals surface area contributed by atoms with E-state index in [1.165, 1.54) is 102 Å². The average molecular weight is 378 g/mol. The van der Waals surface area contributed by atoms with Crippen LogP contribution in [0.25, 0.3) is 0 Å². The zero-order chi connectivity index (χ0) is 18.9. The number of benzene rings is 1. The van der Waals surface area contributed by atoms with Crippen LogP contribution >= 0.6 is 7.26 Å². The Kier molecular flexibility index (Phi) is 14.3. The number of hydrogen-bond donors (Lipinski definition) is 0. The van der Waals surface area contributed by atoms with Gasteiger partial charge < -0.3 is 0 Å². The lowest BCUT2D eigenvalue weighted by Crippen LogP contribution is -2.06. The fraction of sp³-hybridized carbons (Fsp3) is 0.760. The van der Waals surface area contributed by atoms with E-state index in [0.717, 1.165) is 0 Å². The first-order valence-electron chi connectivity index (χ1n) is 11.6. The van der Waals surface area contributed by atoms with E-state index in [2.05, 4.69) is 50.8 Å². The molecular weight excluding hydrogens is 331 g/mol. The summed E-state index contributed by atoms with van der Waals surface area (Å²) in [5.41, 5.74) is 1.58. The molecule has 0 bridgehead atoms. The van der Waals surface area contributed by atoms with Crippen LogP contribution in [-0.4, -0.2) is 19.0 Å². The van der Waals surface area contributed by atoms with E-state index in [0.29, 0.717) is 0 Å². The standard InChI is InChI=1S/C25H46P/c1-4-6-8-10-11-12-14-19-23-26(3,22-18-13-9-7-5-2)24-25-20-16-15-17-21-25/h15-17,20-21H,4-14,18-19,22-24H2,1-3H3/q+1. The molecule has 0 saturated carbocycles. The summed E-state index contributed by atoms with van der Waals surface area (Å²) in [5, 5.41) is 0. The van der Waals surface area contributed by atoms with Crippen molar-refractivity contribution in [2.24, 2.45) is 0 Å². The summed E-state index contributed by atoms with van der Waals surface area (Å²) in [6, 6.07) is 11.3. The van der Waals surface area contributed by atoms with Crippen molar-refractivity contribution in [2.45, 2.75) is 103 Å². The third-order valence-electron chi connectivity index (χ3n) is 5.76. The molecule has 0 N–H and O–H groups in total. The third kappa shape index (κ3) is 12.1. The quantitative estimate of drug-likeness (QED) is 0.188. The summed E-state index contributed by atoms with van der Waals surface area (Å²) < 4.78 is 0. The molecule has 1 heteroatoms. The minimum absolute atomic E-state index is 0.806. The van der Waals surface area contributed by atoms with E-state index < -0.39 is 7.26 Å². The van der Waals surface area contributed by atoms with Gasteiger partial charge in [-0.05, 0) is 31.2 Å². The smallest absolute Gasteiger partial charge is 0.0654 e. The van der Waals surface area contributed by atoms with Gasteiger partial charge in [0.05, 0.1) is 18.5 Å². The Bertz CT molecular complexity index is 413. The summed E-state index contributed by atoms with van der Waals surface area (Å²) in [7, 11) is -0.806. The molecule has 0 aromatic heterocycles. The molecule has 0 radical (unpaired) electrons. The average Bonchev–Trinajstić information content (AvgIpc) is 2.64. The number of rotatable bonds is 17. The first-order valence-corrected chi connectivity index (χ1v) is 14.4. The molecule has 0 fully saturated rings. The first kappa shape index (κ1) is 23.7. The predicted octanol–water partition coefficient (Wildman–Crippen LogP) is 8.95. The Labute approximate surface area is 165 Å². The van der Waals surface area contributed by atoms with Gasteiger partial charge in [0.2, 0.25) is 0 Å². The minimum Gasteiger partial charge on any atom is -0.0654 e. The highest BCUT2D eigenvalue weighted by Gasteiger charge is 2.30. The largest absolute Gasteiger partial charge is 0.0840 e.